The molecule has 9 rings (SSSR count). The number of nitrogens with zero attached hydrogens (tertiary/aromatic N) is 6. The zero-order valence-electron chi connectivity index (χ0n) is 42.2. The van der Waals surface area contributed by atoms with Gasteiger partial charge in [-0.25, -0.2) is 18.4 Å². The van der Waals surface area contributed by atoms with Crippen molar-refractivity contribution in [3.8, 4) is 17.2 Å². The Labute approximate surface area is 433 Å². The summed E-state index contributed by atoms with van der Waals surface area (Å²) >= 11 is 0. The molecule has 4 heterocycles. The van der Waals surface area contributed by atoms with Crippen LogP contribution in [0.1, 0.15) is 86.8 Å². The van der Waals surface area contributed by atoms with Crippen molar-refractivity contribution in [1.29, 1.82) is 0 Å². The second-order valence-corrected chi connectivity index (χ2v) is 22.3. The Bertz CT molecular complexity index is 2840. The van der Waals surface area contributed by atoms with E-state index in [1.54, 1.807) is 12.1 Å². The number of carbonyl (C=O) groups excluding carboxylic acids is 2. The lowest BCUT2D eigenvalue weighted by atomic mass is 9.94. The number of primary amides is 1. The van der Waals surface area contributed by atoms with Crippen LogP contribution in [0.4, 0.5) is 30.6 Å². The molecule has 0 spiro atoms. The third kappa shape index (κ3) is 11.6. The molecule has 2 unspecified atom stereocenters. The Kier molecular flexibility index (Phi) is 16.2. The molecule has 6 aromatic rings. The molecule has 74 heavy (non-hydrogen) atoms. The van der Waals surface area contributed by atoms with Crippen molar-refractivity contribution in [1.82, 2.24) is 19.7 Å². The van der Waals surface area contributed by atoms with Gasteiger partial charge in [0.25, 0.3) is 11.1 Å². The second-order valence-electron chi connectivity index (χ2n) is 19.4. The van der Waals surface area contributed by atoms with Gasteiger partial charge in [0.1, 0.15) is 53.7 Å². The van der Waals surface area contributed by atoms with Crippen LogP contribution in [0.2, 0.25) is 0 Å². The number of aromatic nitrogens is 3. The minimum absolute atomic E-state index is 0.00305. The molecule has 0 aliphatic carbocycles. The van der Waals surface area contributed by atoms with E-state index < -0.39 is 45.7 Å². The minimum Gasteiger partial charge on any atom is -0.507 e. The number of ether oxygens (including phenoxy) is 4. The quantitative estimate of drug-likeness (QED) is 0.0551. The van der Waals surface area contributed by atoms with Gasteiger partial charge in [-0.05, 0) is 117 Å². The number of aromatic hydroxyl groups is 1. The summed E-state index contributed by atoms with van der Waals surface area (Å²) in [6.07, 6.45) is 9.16. The number of amides is 2. The molecule has 0 bridgehead atoms. The predicted octanol–water partition coefficient (Wildman–Crippen LogP) is 10.5. The fourth-order valence-electron chi connectivity index (χ4n) is 10.1. The lowest BCUT2D eigenvalue weighted by Gasteiger charge is -2.38. The second kappa shape index (κ2) is 23.1. The molecule has 15 nitrogen and oxygen atoms in total. The molecule has 1 aromatic heterocycles. The van der Waals surface area contributed by atoms with Crippen molar-refractivity contribution in [3.63, 3.8) is 0 Å². The highest BCUT2D eigenvalue weighted by molar-refractivity contribution is 8.46. The molecule has 4 N–H and O–H groups in total. The number of carbonyl (C=O) groups is 2. The fraction of sp³-hybridized carbons (Fsp3) is 0.393. The van der Waals surface area contributed by atoms with E-state index in [4.69, 9.17) is 24.7 Å². The fourth-order valence-corrected chi connectivity index (χ4v) is 13.6. The van der Waals surface area contributed by atoms with Gasteiger partial charge in [0.2, 0.25) is 0 Å². The van der Waals surface area contributed by atoms with Crippen LogP contribution in [0.5, 0.6) is 17.2 Å². The van der Waals surface area contributed by atoms with Crippen LogP contribution >= 0.6 is 10.2 Å². The number of nitrogens with one attached hydrogen (secondary N) is 1. The number of benzene rings is 5. The minimum atomic E-state index is -2.45. The highest BCUT2D eigenvalue weighted by Gasteiger charge is 2.51. The number of rotatable bonds is 22. The number of hydrogen-bond acceptors (Lipinski definition) is 12. The van der Waals surface area contributed by atoms with Crippen molar-refractivity contribution in [2.24, 2.45) is 5.73 Å². The van der Waals surface area contributed by atoms with Crippen LogP contribution < -0.4 is 29.7 Å². The summed E-state index contributed by atoms with van der Waals surface area (Å²) in [5, 5.41) is 14.6. The Balaban J connectivity index is 0.853. The molecule has 392 valence electrons. The highest BCUT2D eigenvalue weighted by Crippen LogP contribution is 2.65. The summed E-state index contributed by atoms with van der Waals surface area (Å²) in [6.45, 7) is 10.1. The number of piperazine rings is 1. The average molecular weight is 1030 g/mol. The van der Waals surface area contributed by atoms with E-state index in [0.29, 0.717) is 18.1 Å². The largest absolute Gasteiger partial charge is 0.507 e. The van der Waals surface area contributed by atoms with Crippen molar-refractivity contribution in [2.45, 2.75) is 94.7 Å². The first-order valence-corrected chi connectivity index (χ1v) is 27.3. The standard InChI is InChI=1S/C56H66F2N8O7S/c1-4-5-6-7-8-9-30-70-45-18-12-42(13-19-45)62-74(34-51(66(39(2)3)55(74)69)40-10-25-52(67)48(31-40)54(59)68)47-22-16-44(17-23-47)64-28-26-63(27-29-64)43-14-20-46(21-15-43)71-33-53-72-36-56(73-53,35-65-38-60-37-61-65)49-24-11-41(57)32-50(49)58/h10-25,31-32,37-39,51,53,62,67H,4-9,26-30,33-36H2,1-3H3,(H2,59,68)/t51?,53-,56+/m0/s1. The average Bonchev–Trinajstić information content (AvgIpc) is 4.15. The molecule has 18 heteroatoms. The van der Waals surface area contributed by atoms with E-state index in [2.05, 4.69) is 55.8 Å². The molecule has 0 saturated carbocycles. The predicted molar refractivity (Wildman–Crippen MR) is 283 cm³/mol. The van der Waals surface area contributed by atoms with Gasteiger partial charge in [0.05, 0.1) is 31.4 Å². The molecular weight excluding hydrogens is 967 g/mol. The first-order valence-electron chi connectivity index (χ1n) is 25.5. The van der Waals surface area contributed by atoms with E-state index in [1.807, 2.05) is 67.3 Å². The first kappa shape index (κ1) is 52.0. The summed E-state index contributed by atoms with van der Waals surface area (Å²) in [5.41, 5.74) is 8.21. The van der Waals surface area contributed by atoms with Crippen LogP contribution in [0, 0.1) is 11.6 Å². The maximum Gasteiger partial charge on any atom is 0.286 e. The maximum absolute atomic E-state index is 15.2. The third-order valence-electron chi connectivity index (χ3n) is 14.0. The summed E-state index contributed by atoms with van der Waals surface area (Å²) in [6, 6.07) is 31.7. The lowest BCUT2D eigenvalue weighted by molar-refractivity contribution is -0.117. The Morgan fingerprint density at radius 2 is 1.53 bits per heavy atom. The SMILES string of the molecule is CCCCCCCCOc1ccc(NS2(c3ccc(N4CCN(c5ccc(OC[C@H]6OC[C@](Cn7cncn7)(c7ccc(F)cc7F)O6)cc5)CC4)cc3)CC(c3ccc(O)c(C(N)=O)c3)N(C(C)C)C2=O)cc1. The van der Waals surface area contributed by atoms with Crippen LogP contribution in [0.15, 0.2) is 127 Å². The van der Waals surface area contributed by atoms with Crippen LogP contribution in [-0.2, 0) is 21.6 Å². The Hall–Kier alpha value is -6.89. The number of unbranched alkanes of at least 4 members (excludes halogenated alkanes) is 5. The van der Waals surface area contributed by atoms with Gasteiger partial charge in [0.15, 0.2) is 6.29 Å². The van der Waals surface area contributed by atoms with E-state index in [9.17, 15) is 14.3 Å². The molecule has 5 aromatic carbocycles. The molecule has 4 atom stereocenters. The smallest absolute Gasteiger partial charge is 0.286 e. The van der Waals surface area contributed by atoms with Crippen LogP contribution in [0.25, 0.3) is 0 Å². The molecule has 0 radical (unpaired) electrons. The summed E-state index contributed by atoms with van der Waals surface area (Å²) < 4.78 is 58.7. The van der Waals surface area contributed by atoms with Crippen molar-refractivity contribution < 1.29 is 42.4 Å². The van der Waals surface area contributed by atoms with Gasteiger partial charge in [-0.3, -0.25) is 9.59 Å². The number of nitrogens with two attached hydrogens (primary N) is 1. The van der Waals surface area contributed by atoms with Crippen molar-refractivity contribution in [2.75, 3.05) is 66.3 Å². The normalized spacial score (nSPS) is 21.8. The van der Waals surface area contributed by atoms with Crippen molar-refractivity contribution in [3.05, 3.63) is 150 Å². The third-order valence-corrected chi connectivity index (χ3v) is 17.3. The van der Waals surface area contributed by atoms with Gasteiger partial charge in [0, 0.05) is 71.6 Å². The zero-order chi connectivity index (χ0) is 51.8. The topological polar surface area (TPSA) is 170 Å². The monoisotopic (exact) mass is 1030 g/mol. The first-order chi connectivity index (χ1) is 35.8. The summed E-state index contributed by atoms with van der Waals surface area (Å²) in [4.78, 5) is 39.0. The van der Waals surface area contributed by atoms with E-state index in [1.165, 1.54) is 61.2 Å². The molecular formula is C56H66F2N8O7S. The van der Waals surface area contributed by atoms with Gasteiger partial charge in [-0.1, -0.05) is 61.4 Å². The van der Waals surface area contributed by atoms with Gasteiger partial charge in [-0.2, -0.15) is 5.10 Å². The lowest BCUT2D eigenvalue weighted by Crippen LogP contribution is -2.46. The van der Waals surface area contributed by atoms with Crippen molar-refractivity contribution >= 4 is 38.4 Å². The van der Waals surface area contributed by atoms with Gasteiger partial charge >= 0.3 is 0 Å². The summed E-state index contributed by atoms with van der Waals surface area (Å²) in [7, 11) is -2.45. The number of anilines is 3. The summed E-state index contributed by atoms with van der Waals surface area (Å²) in [5.74, 6) is -0.546. The Morgan fingerprint density at radius 3 is 2.18 bits per heavy atom. The molecule has 3 aliphatic heterocycles. The number of halogens is 2. The van der Waals surface area contributed by atoms with Gasteiger partial charge in [-0.15, -0.1) is 0 Å². The zero-order valence-corrected chi connectivity index (χ0v) is 43.0. The van der Waals surface area contributed by atoms with E-state index in [0.717, 1.165) is 78.4 Å². The van der Waals surface area contributed by atoms with E-state index in [-0.39, 0.29) is 47.9 Å². The number of phenols is 1. The number of hydrogen-bond donors (Lipinski definition) is 3. The van der Waals surface area contributed by atoms with Crippen LogP contribution in [0.3, 0.4) is 0 Å². The van der Waals surface area contributed by atoms with Crippen LogP contribution in [-0.4, -0.2) is 100 Å². The molecule has 3 aliphatic rings. The maximum atomic E-state index is 15.2. The Morgan fingerprint density at radius 1 is 0.865 bits per heavy atom. The molecule has 2 amide bonds. The van der Waals surface area contributed by atoms with E-state index >= 15 is 9.18 Å². The van der Waals surface area contributed by atoms with Gasteiger partial charge < -0.3 is 49.2 Å². The molecule has 3 fully saturated rings. The highest BCUT2D eigenvalue weighted by atomic mass is 32.3. The molecule has 3 saturated heterocycles.